The number of rotatable bonds is 2. The van der Waals surface area contributed by atoms with E-state index in [4.69, 9.17) is 9.47 Å². The lowest BCUT2D eigenvalue weighted by atomic mass is 9.42. The maximum absolute atomic E-state index is 12.4. The standard InChI is InChI=1S/C14H18N2O6/c1-21-11(17)13-4-7-3-8(9(13)15-19)5-14(6-13,10(7)16-20)12(18)22-2/h7-8,19-20H,3-6H2,1-2H3/b15-9-,16-10-/t7-,8+,13-,14-/m1/s1. The van der Waals surface area contributed by atoms with Crippen molar-refractivity contribution < 1.29 is 29.5 Å². The first kappa shape index (κ1) is 14.8. The number of esters is 2. The highest BCUT2D eigenvalue weighted by atomic mass is 16.5. The van der Waals surface area contributed by atoms with Crippen LogP contribution in [0.15, 0.2) is 10.3 Å². The molecule has 0 aromatic carbocycles. The van der Waals surface area contributed by atoms with Gasteiger partial charge in [-0.15, -0.1) is 0 Å². The quantitative estimate of drug-likeness (QED) is 0.442. The van der Waals surface area contributed by atoms with E-state index in [1.807, 2.05) is 0 Å². The van der Waals surface area contributed by atoms with Gasteiger partial charge < -0.3 is 19.9 Å². The van der Waals surface area contributed by atoms with Crippen LogP contribution in [0.3, 0.4) is 0 Å². The second kappa shape index (κ2) is 4.69. The summed E-state index contributed by atoms with van der Waals surface area (Å²) in [6, 6.07) is 0. The van der Waals surface area contributed by atoms with Gasteiger partial charge in [-0.1, -0.05) is 10.3 Å². The number of ether oxygens (including phenoxy) is 2. The van der Waals surface area contributed by atoms with Crippen molar-refractivity contribution in [3.63, 3.8) is 0 Å². The van der Waals surface area contributed by atoms with E-state index in [1.54, 1.807) is 0 Å². The maximum Gasteiger partial charge on any atom is 0.317 e. The second-order valence-corrected chi connectivity index (χ2v) is 6.33. The van der Waals surface area contributed by atoms with Gasteiger partial charge in [0.2, 0.25) is 0 Å². The minimum absolute atomic E-state index is 0.0468. The van der Waals surface area contributed by atoms with Crippen molar-refractivity contribution in [3.05, 3.63) is 0 Å². The van der Waals surface area contributed by atoms with Gasteiger partial charge in [0.25, 0.3) is 0 Å². The summed E-state index contributed by atoms with van der Waals surface area (Å²) >= 11 is 0. The fraction of sp³-hybridized carbons (Fsp3) is 0.714. The van der Waals surface area contributed by atoms with Crippen molar-refractivity contribution in [2.45, 2.75) is 25.7 Å². The van der Waals surface area contributed by atoms with E-state index in [0.29, 0.717) is 30.7 Å². The number of hydrogen-bond donors (Lipinski definition) is 2. The molecule has 4 aliphatic rings. The average Bonchev–Trinajstić information content (AvgIpc) is 2.52. The van der Waals surface area contributed by atoms with Crippen molar-refractivity contribution in [3.8, 4) is 0 Å². The second-order valence-electron chi connectivity index (χ2n) is 6.33. The number of carbonyl (C=O) groups excluding carboxylic acids is 2. The van der Waals surface area contributed by atoms with Crippen LogP contribution < -0.4 is 0 Å². The largest absolute Gasteiger partial charge is 0.468 e. The molecule has 0 aliphatic heterocycles. The summed E-state index contributed by atoms with van der Waals surface area (Å²) in [7, 11) is 2.53. The molecular weight excluding hydrogens is 292 g/mol. The monoisotopic (exact) mass is 310 g/mol. The normalized spacial score (nSPS) is 42.6. The first-order valence-electron chi connectivity index (χ1n) is 7.10. The lowest BCUT2D eigenvalue weighted by Crippen LogP contribution is -2.67. The van der Waals surface area contributed by atoms with Crippen molar-refractivity contribution in [1.29, 1.82) is 0 Å². The molecule has 4 aliphatic carbocycles. The van der Waals surface area contributed by atoms with Crippen LogP contribution in [0.2, 0.25) is 0 Å². The number of hydrogen-bond acceptors (Lipinski definition) is 8. The summed E-state index contributed by atoms with van der Waals surface area (Å²) in [6.45, 7) is 0. The van der Waals surface area contributed by atoms with Gasteiger partial charge in [-0.05, 0) is 25.7 Å². The van der Waals surface area contributed by atoms with Gasteiger partial charge in [0.1, 0.15) is 10.8 Å². The van der Waals surface area contributed by atoms with Crippen LogP contribution in [0, 0.1) is 22.7 Å². The Morgan fingerprint density at radius 2 is 1.41 bits per heavy atom. The van der Waals surface area contributed by atoms with Gasteiger partial charge in [0.05, 0.1) is 25.6 Å². The molecule has 0 aromatic heterocycles. The van der Waals surface area contributed by atoms with E-state index in [-0.39, 0.29) is 18.3 Å². The van der Waals surface area contributed by atoms with E-state index < -0.39 is 22.8 Å². The van der Waals surface area contributed by atoms with Crippen LogP contribution in [-0.4, -0.2) is 48.0 Å². The lowest BCUT2D eigenvalue weighted by Gasteiger charge is -2.58. The van der Waals surface area contributed by atoms with Gasteiger partial charge in [0.15, 0.2) is 0 Å². The van der Waals surface area contributed by atoms with Crippen molar-refractivity contribution in [2.24, 2.45) is 33.0 Å². The molecule has 4 rings (SSSR count). The molecular formula is C14H18N2O6. The number of methoxy groups -OCH3 is 2. The van der Waals surface area contributed by atoms with E-state index >= 15 is 0 Å². The molecule has 4 bridgehead atoms. The molecule has 0 aromatic rings. The molecule has 0 unspecified atom stereocenters. The zero-order valence-corrected chi connectivity index (χ0v) is 12.4. The van der Waals surface area contributed by atoms with Gasteiger partial charge in [0, 0.05) is 11.8 Å². The van der Waals surface area contributed by atoms with Crippen LogP contribution in [0.25, 0.3) is 0 Å². The van der Waals surface area contributed by atoms with Crippen molar-refractivity contribution in [1.82, 2.24) is 0 Å². The minimum atomic E-state index is -1.16. The smallest absolute Gasteiger partial charge is 0.317 e. The predicted molar refractivity (Wildman–Crippen MR) is 72.8 cm³/mol. The summed E-state index contributed by atoms with van der Waals surface area (Å²) in [5, 5.41) is 25.5. The van der Waals surface area contributed by atoms with Gasteiger partial charge in [-0.2, -0.15) is 0 Å². The topological polar surface area (TPSA) is 118 Å². The van der Waals surface area contributed by atoms with E-state index in [2.05, 4.69) is 10.3 Å². The SMILES string of the molecule is COC(=O)[C@]12C[C@@H]3C[C@H](C[C@@](C(=O)OC)(C1)/C3=N\O)/C2=N/O. The van der Waals surface area contributed by atoms with E-state index in [9.17, 15) is 20.0 Å². The number of oxime groups is 2. The highest BCUT2D eigenvalue weighted by molar-refractivity contribution is 6.18. The summed E-state index contributed by atoms with van der Waals surface area (Å²) in [6.07, 6.45) is 1.25. The predicted octanol–water partition coefficient (Wildman–Crippen LogP) is 0.799. The van der Waals surface area contributed by atoms with Crippen molar-refractivity contribution >= 4 is 23.4 Å². The summed E-state index contributed by atoms with van der Waals surface area (Å²) in [5.41, 5.74) is -1.57. The fourth-order valence-corrected chi connectivity index (χ4v) is 4.86. The molecule has 0 amide bonds. The highest BCUT2D eigenvalue weighted by Crippen LogP contribution is 2.63. The first-order chi connectivity index (χ1) is 10.5. The van der Waals surface area contributed by atoms with Gasteiger partial charge in [-0.3, -0.25) is 9.59 Å². The molecule has 8 heteroatoms. The third kappa shape index (κ3) is 1.52. The summed E-state index contributed by atoms with van der Waals surface area (Å²) in [4.78, 5) is 24.8. The summed E-state index contributed by atoms with van der Waals surface area (Å²) < 4.78 is 9.82. The lowest BCUT2D eigenvalue weighted by molar-refractivity contribution is -0.162. The molecule has 0 radical (unpaired) electrons. The Morgan fingerprint density at radius 1 is 1.00 bits per heavy atom. The molecule has 120 valence electrons. The van der Waals surface area contributed by atoms with Crippen LogP contribution in [0.4, 0.5) is 0 Å². The third-order valence-corrected chi connectivity index (χ3v) is 5.48. The maximum atomic E-state index is 12.4. The van der Waals surface area contributed by atoms with Crippen LogP contribution in [0.5, 0.6) is 0 Å². The molecule has 4 atom stereocenters. The Bertz CT molecular complexity index is 550. The summed E-state index contributed by atoms with van der Waals surface area (Å²) in [5.74, 6) is -1.53. The van der Waals surface area contributed by atoms with Crippen LogP contribution in [0.1, 0.15) is 25.7 Å². The molecule has 2 N–H and O–H groups in total. The Labute approximate surface area is 126 Å². The van der Waals surface area contributed by atoms with E-state index in [0.717, 1.165) is 0 Å². The Morgan fingerprint density at radius 3 is 1.73 bits per heavy atom. The van der Waals surface area contributed by atoms with E-state index in [1.165, 1.54) is 14.2 Å². The van der Waals surface area contributed by atoms with Gasteiger partial charge >= 0.3 is 11.9 Å². The molecule has 0 spiro atoms. The fourth-order valence-electron chi connectivity index (χ4n) is 4.86. The average molecular weight is 310 g/mol. The highest BCUT2D eigenvalue weighted by Gasteiger charge is 2.71. The molecule has 4 fully saturated rings. The van der Waals surface area contributed by atoms with Crippen LogP contribution in [-0.2, 0) is 19.1 Å². The van der Waals surface area contributed by atoms with Gasteiger partial charge in [-0.25, -0.2) is 0 Å². The zero-order chi connectivity index (χ0) is 16.1. The third-order valence-electron chi connectivity index (χ3n) is 5.48. The molecule has 22 heavy (non-hydrogen) atoms. The molecule has 8 nitrogen and oxygen atoms in total. The molecule has 0 heterocycles. The number of nitrogens with zero attached hydrogens (tertiary/aromatic N) is 2. The minimum Gasteiger partial charge on any atom is -0.468 e. The van der Waals surface area contributed by atoms with Crippen molar-refractivity contribution in [2.75, 3.05) is 14.2 Å². The Balaban J connectivity index is 2.19. The Hall–Kier alpha value is -2.12. The Kier molecular flexibility index (Phi) is 3.15. The zero-order valence-electron chi connectivity index (χ0n) is 12.4. The van der Waals surface area contributed by atoms with Crippen LogP contribution >= 0.6 is 0 Å². The number of carbonyl (C=O) groups is 2. The first-order valence-corrected chi connectivity index (χ1v) is 7.10. The molecule has 4 saturated carbocycles. The molecule has 0 saturated heterocycles.